The van der Waals surface area contributed by atoms with Crippen LogP contribution in [-0.2, 0) is 0 Å². The van der Waals surface area contributed by atoms with Crippen molar-refractivity contribution in [3.8, 4) is 5.75 Å². The van der Waals surface area contributed by atoms with Gasteiger partial charge >= 0.3 is 0 Å². The molecule has 0 radical (unpaired) electrons. The summed E-state index contributed by atoms with van der Waals surface area (Å²) in [6.45, 7) is 0. The smallest absolute Gasteiger partial charge is 0.226 e. The minimum absolute atomic E-state index is 0.603. The van der Waals surface area contributed by atoms with Crippen LogP contribution in [0.1, 0.15) is 5.56 Å². The summed E-state index contributed by atoms with van der Waals surface area (Å²) < 4.78 is 5.06. The number of aromatic nitrogens is 2. The summed E-state index contributed by atoms with van der Waals surface area (Å²) in [5.41, 5.74) is 1.01. The van der Waals surface area contributed by atoms with E-state index in [0.29, 0.717) is 5.95 Å². The van der Waals surface area contributed by atoms with Gasteiger partial charge in [-0.15, -0.1) is 0 Å². The standard InChI is InChI=1S/C11H11N3O/c1-15-10-4-2-9(3-5-10)8-14-11-12-6-7-13-11/h2-8H,1H3,(H,12,13)/b14-8+. The lowest BCUT2D eigenvalue weighted by Gasteiger charge is -1.98. The zero-order chi connectivity index (χ0) is 10.5. The van der Waals surface area contributed by atoms with Crippen molar-refractivity contribution in [1.29, 1.82) is 0 Å². The topological polar surface area (TPSA) is 50.3 Å². The normalized spacial score (nSPS) is 10.7. The van der Waals surface area contributed by atoms with E-state index >= 15 is 0 Å². The molecule has 0 saturated carbocycles. The van der Waals surface area contributed by atoms with E-state index in [1.165, 1.54) is 0 Å². The summed E-state index contributed by atoms with van der Waals surface area (Å²) in [5.74, 6) is 1.44. The average molecular weight is 201 g/mol. The second-order valence-electron chi connectivity index (χ2n) is 2.94. The van der Waals surface area contributed by atoms with E-state index in [-0.39, 0.29) is 0 Å². The number of nitrogens with one attached hydrogen (secondary N) is 1. The van der Waals surface area contributed by atoms with Crippen LogP contribution >= 0.6 is 0 Å². The second-order valence-corrected chi connectivity index (χ2v) is 2.94. The highest BCUT2D eigenvalue weighted by Crippen LogP contribution is 2.10. The summed E-state index contributed by atoms with van der Waals surface area (Å²) in [5, 5.41) is 0. The molecule has 1 aromatic carbocycles. The maximum absolute atomic E-state index is 5.06. The molecule has 0 atom stereocenters. The molecule has 0 unspecified atom stereocenters. The van der Waals surface area contributed by atoms with Gasteiger partial charge < -0.3 is 9.72 Å². The Labute approximate surface area is 87.7 Å². The molecule has 15 heavy (non-hydrogen) atoms. The highest BCUT2D eigenvalue weighted by Gasteiger charge is 1.91. The Kier molecular flexibility index (Phi) is 2.78. The Bertz CT molecular complexity index is 431. The molecule has 0 aliphatic rings. The monoisotopic (exact) mass is 201 g/mol. The van der Waals surface area contributed by atoms with E-state index in [1.54, 1.807) is 25.7 Å². The summed E-state index contributed by atoms with van der Waals surface area (Å²) in [6.07, 6.45) is 5.15. The van der Waals surface area contributed by atoms with Crippen molar-refractivity contribution in [2.75, 3.05) is 7.11 Å². The van der Waals surface area contributed by atoms with Crippen LogP contribution in [0.2, 0.25) is 0 Å². The molecule has 0 spiro atoms. The number of nitrogens with zero attached hydrogens (tertiary/aromatic N) is 2. The van der Waals surface area contributed by atoms with Gasteiger partial charge in [0.15, 0.2) is 0 Å². The van der Waals surface area contributed by atoms with Crippen molar-refractivity contribution in [2.24, 2.45) is 4.99 Å². The maximum Gasteiger partial charge on any atom is 0.226 e. The molecule has 2 rings (SSSR count). The SMILES string of the molecule is COc1ccc(/C=N/c2ncc[nH]2)cc1. The Hall–Kier alpha value is -2.10. The number of H-pyrrole nitrogens is 1. The van der Waals surface area contributed by atoms with E-state index in [9.17, 15) is 0 Å². The third-order valence-corrected chi connectivity index (χ3v) is 1.94. The van der Waals surface area contributed by atoms with Crippen molar-refractivity contribution >= 4 is 12.2 Å². The molecule has 1 heterocycles. The van der Waals surface area contributed by atoms with Crippen molar-refractivity contribution in [3.63, 3.8) is 0 Å². The summed E-state index contributed by atoms with van der Waals surface area (Å²) in [4.78, 5) is 11.0. The Balaban J connectivity index is 2.11. The van der Waals surface area contributed by atoms with Gasteiger partial charge in [0.25, 0.3) is 0 Å². The maximum atomic E-state index is 5.06. The van der Waals surface area contributed by atoms with Crippen LogP contribution in [0.25, 0.3) is 0 Å². The van der Waals surface area contributed by atoms with Gasteiger partial charge in [-0.1, -0.05) is 0 Å². The molecule has 1 aromatic heterocycles. The lowest BCUT2D eigenvalue weighted by molar-refractivity contribution is 0.415. The number of hydrogen-bond acceptors (Lipinski definition) is 3. The summed E-state index contributed by atoms with van der Waals surface area (Å²) in [6, 6.07) is 7.66. The molecule has 0 saturated heterocycles. The van der Waals surface area contributed by atoms with E-state index in [0.717, 1.165) is 11.3 Å². The van der Waals surface area contributed by atoms with Crippen LogP contribution < -0.4 is 4.74 Å². The highest BCUT2D eigenvalue weighted by molar-refractivity contribution is 5.81. The minimum atomic E-state index is 0.603. The molecule has 1 N–H and O–H groups in total. The molecule has 0 bridgehead atoms. The van der Waals surface area contributed by atoms with E-state index < -0.39 is 0 Å². The van der Waals surface area contributed by atoms with Crippen LogP contribution in [0.4, 0.5) is 5.95 Å². The van der Waals surface area contributed by atoms with Gasteiger partial charge in [0, 0.05) is 18.6 Å². The van der Waals surface area contributed by atoms with Crippen LogP contribution in [0.15, 0.2) is 41.7 Å². The van der Waals surface area contributed by atoms with Crippen LogP contribution in [0, 0.1) is 0 Å². The Morgan fingerprint density at radius 2 is 2.13 bits per heavy atom. The number of ether oxygens (including phenoxy) is 1. The molecule has 0 aliphatic carbocycles. The molecule has 0 fully saturated rings. The van der Waals surface area contributed by atoms with Gasteiger partial charge in [-0.2, -0.15) is 0 Å². The van der Waals surface area contributed by atoms with Crippen molar-refractivity contribution in [2.45, 2.75) is 0 Å². The van der Waals surface area contributed by atoms with Gasteiger partial charge in [0.2, 0.25) is 5.95 Å². The average Bonchev–Trinajstić information content (AvgIpc) is 2.80. The lowest BCUT2D eigenvalue weighted by Crippen LogP contribution is -1.84. The first-order valence-electron chi connectivity index (χ1n) is 4.56. The first-order valence-corrected chi connectivity index (χ1v) is 4.56. The van der Waals surface area contributed by atoms with Crippen molar-refractivity contribution in [3.05, 3.63) is 42.2 Å². The Morgan fingerprint density at radius 3 is 2.73 bits per heavy atom. The van der Waals surface area contributed by atoms with E-state index in [2.05, 4.69) is 15.0 Å². The fourth-order valence-electron chi connectivity index (χ4n) is 1.15. The van der Waals surface area contributed by atoms with Crippen LogP contribution in [0.3, 0.4) is 0 Å². The van der Waals surface area contributed by atoms with Gasteiger partial charge in [-0.05, 0) is 29.8 Å². The minimum Gasteiger partial charge on any atom is -0.497 e. The number of aromatic amines is 1. The van der Waals surface area contributed by atoms with Crippen LogP contribution in [0.5, 0.6) is 5.75 Å². The van der Waals surface area contributed by atoms with E-state index in [4.69, 9.17) is 4.74 Å². The number of benzene rings is 1. The zero-order valence-corrected chi connectivity index (χ0v) is 8.34. The van der Waals surface area contributed by atoms with Gasteiger partial charge in [-0.3, -0.25) is 0 Å². The first-order chi connectivity index (χ1) is 7.38. The summed E-state index contributed by atoms with van der Waals surface area (Å²) in [7, 11) is 1.64. The predicted octanol–water partition coefficient (Wildman–Crippen LogP) is 2.17. The molecule has 4 nitrogen and oxygen atoms in total. The molecular weight excluding hydrogens is 190 g/mol. The van der Waals surface area contributed by atoms with Crippen LogP contribution in [-0.4, -0.2) is 23.3 Å². The third kappa shape index (κ3) is 2.43. The van der Waals surface area contributed by atoms with Crippen molar-refractivity contribution < 1.29 is 4.74 Å². The van der Waals surface area contributed by atoms with Gasteiger partial charge in [0.05, 0.1) is 7.11 Å². The number of hydrogen-bond donors (Lipinski definition) is 1. The first kappa shape index (κ1) is 9.45. The highest BCUT2D eigenvalue weighted by atomic mass is 16.5. The second kappa shape index (κ2) is 4.41. The number of imidazole rings is 1. The lowest BCUT2D eigenvalue weighted by atomic mass is 10.2. The van der Waals surface area contributed by atoms with E-state index in [1.807, 2.05) is 24.3 Å². The fraction of sp³-hybridized carbons (Fsp3) is 0.0909. The number of aliphatic imine (C=N–C) groups is 1. The third-order valence-electron chi connectivity index (χ3n) is 1.94. The number of rotatable bonds is 3. The quantitative estimate of drug-likeness (QED) is 0.773. The van der Waals surface area contributed by atoms with Gasteiger partial charge in [0.1, 0.15) is 5.75 Å². The van der Waals surface area contributed by atoms with Gasteiger partial charge in [-0.25, -0.2) is 9.98 Å². The molecule has 0 amide bonds. The Morgan fingerprint density at radius 1 is 1.33 bits per heavy atom. The fourth-order valence-corrected chi connectivity index (χ4v) is 1.15. The molecule has 0 aliphatic heterocycles. The molecule has 76 valence electrons. The molecule has 4 heteroatoms. The zero-order valence-electron chi connectivity index (χ0n) is 8.34. The van der Waals surface area contributed by atoms with Crippen molar-refractivity contribution in [1.82, 2.24) is 9.97 Å². The largest absolute Gasteiger partial charge is 0.497 e. The number of methoxy groups -OCH3 is 1. The molecular formula is C11H11N3O. The summed E-state index contributed by atoms with van der Waals surface area (Å²) >= 11 is 0. The molecule has 2 aromatic rings. The predicted molar refractivity (Wildman–Crippen MR) is 58.8 cm³/mol.